The van der Waals surface area contributed by atoms with E-state index in [0.717, 1.165) is 0 Å². The van der Waals surface area contributed by atoms with E-state index in [1.807, 2.05) is 0 Å². The van der Waals surface area contributed by atoms with Crippen LogP contribution in [0.1, 0.15) is 6.42 Å². The Morgan fingerprint density at radius 1 is 1.50 bits per heavy atom. The van der Waals surface area contributed by atoms with Crippen LogP contribution in [0, 0.1) is 0 Å². The molecule has 6 heteroatoms. The highest BCUT2D eigenvalue weighted by atomic mass is 16.3. The van der Waals surface area contributed by atoms with Gasteiger partial charge in [0.25, 0.3) is 5.56 Å². The number of aromatic nitrogens is 2. The third kappa shape index (κ3) is 2.82. The Labute approximate surface area is 79.5 Å². The van der Waals surface area contributed by atoms with E-state index in [0.29, 0.717) is 0 Å². The first kappa shape index (κ1) is 10.7. The number of aliphatic hydroxyl groups is 2. The van der Waals surface area contributed by atoms with Crippen molar-refractivity contribution in [3.8, 4) is 0 Å². The van der Waals surface area contributed by atoms with Crippen molar-refractivity contribution in [1.29, 1.82) is 0 Å². The summed E-state index contributed by atoms with van der Waals surface area (Å²) < 4.78 is 1.26. The maximum Gasteiger partial charge on any atom is 0.328 e. The van der Waals surface area contributed by atoms with Gasteiger partial charge >= 0.3 is 5.69 Å². The minimum Gasteiger partial charge on any atom is -0.394 e. The average molecular weight is 200 g/mol. The summed E-state index contributed by atoms with van der Waals surface area (Å²) >= 11 is 0. The second kappa shape index (κ2) is 4.73. The molecule has 14 heavy (non-hydrogen) atoms. The molecule has 0 fully saturated rings. The van der Waals surface area contributed by atoms with E-state index in [9.17, 15) is 9.59 Å². The first-order chi connectivity index (χ1) is 6.63. The maximum atomic E-state index is 11.1. The van der Waals surface area contributed by atoms with E-state index in [1.54, 1.807) is 0 Å². The van der Waals surface area contributed by atoms with Crippen molar-refractivity contribution in [2.24, 2.45) is 0 Å². The molecular weight excluding hydrogens is 188 g/mol. The fraction of sp³-hybridized carbons (Fsp3) is 0.500. The first-order valence-electron chi connectivity index (χ1n) is 4.22. The van der Waals surface area contributed by atoms with E-state index >= 15 is 0 Å². The molecule has 0 aliphatic rings. The number of aromatic amines is 1. The standard InChI is InChI=1S/C8H12N2O4/c11-5-6(12)1-3-10-4-2-7(13)9-8(10)14/h2,4,6,11-12H,1,3,5H2,(H,9,13,14)/t6-/m1/s1. The molecule has 78 valence electrons. The zero-order chi connectivity index (χ0) is 10.6. The molecule has 0 bridgehead atoms. The normalized spacial score (nSPS) is 12.7. The van der Waals surface area contributed by atoms with E-state index < -0.39 is 17.4 Å². The summed E-state index contributed by atoms with van der Waals surface area (Å²) in [7, 11) is 0. The summed E-state index contributed by atoms with van der Waals surface area (Å²) in [5.74, 6) is 0. The molecule has 1 rings (SSSR count). The number of aryl methyl sites for hydroxylation is 1. The van der Waals surface area contributed by atoms with Crippen molar-refractivity contribution in [3.63, 3.8) is 0 Å². The molecule has 0 spiro atoms. The number of hydrogen-bond acceptors (Lipinski definition) is 4. The molecule has 6 nitrogen and oxygen atoms in total. The second-order valence-corrected chi connectivity index (χ2v) is 2.93. The molecule has 0 unspecified atom stereocenters. The Bertz CT molecular complexity index is 395. The molecule has 0 aliphatic carbocycles. The number of nitrogens with zero attached hydrogens (tertiary/aromatic N) is 1. The number of rotatable bonds is 4. The van der Waals surface area contributed by atoms with E-state index in [4.69, 9.17) is 10.2 Å². The largest absolute Gasteiger partial charge is 0.394 e. The third-order valence-electron chi connectivity index (χ3n) is 1.81. The highest BCUT2D eigenvalue weighted by molar-refractivity contribution is 4.82. The molecular formula is C8H12N2O4. The van der Waals surface area contributed by atoms with Crippen LogP contribution in [0.4, 0.5) is 0 Å². The smallest absolute Gasteiger partial charge is 0.328 e. The molecule has 0 aromatic carbocycles. The summed E-state index contributed by atoms with van der Waals surface area (Å²) in [5.41, 5.74) is -0.961. The Morgan fingerprint density at radius 3 is 2.79 bits per heavy atom. The lowest BCUT2D eigenvalue weighted by Crippen LogP contribution is -2.30. The van der Waals surface area contributed by atoms with E-state index in [2.05, 4.69) is 4.98 Å². The van der Waals surface area contributed by atoms with Gasteiger partial charge in [0.1, 0.15) is 0 Å². The highest BCUT2D eigenvalue weighted by Crippen LogP contribution is 1.91. The topological polar surface area (TPSA) is 95.3 Å². The molecule has 0 saturated heterocycles. The zero-order valence-electron chi connectivity index (χ0n) is 7.51. The van der Waals surface area contributed by atoms with Crippen molar-refractivity contribution in [1.82, 2.24) is 9.55 Å². The van der Waals surface area contributed by atoms with Gasteiger partial charge in [-0.05, 0) is 6.42 Å². The van der Waals surface area contributed by atoms with Crippen molar-refractivity contribution in [2.75, 3.05) is 6.61 Å². The molecule has 1 heterocycles. The van der Waals surface area contributed by atoms with Crippen molar-refractivity contribution in [2.45, 2.75) is 19.1 Å². The van der Waals surface area contributed by atoms with Gasteiger partial charge in [0.05, 0.1) is 12.7 Å². The van der Waals surface area contributed by atoms with Crippen LogP contribution in [0.25, 0.3) is 0 Å². The SMILES string of the molecule is O=c1ccn(CC[C@@H](O)CO)c(=O)[nH]1. The van der Waals surface area contributed by atoms with E-state index in [-0.39, 0.29) is 19.6 Å². The lowest BCUT2D eigenvalue weighted by molar-refractivity contribution is 0.0843. The predicted octanol–water partition coefficient (Wildman–Crippen LogP) is -1.72. The minimum atomic E-state index is -0.839. The number of aliphatic hydroxyl groups excluding tert-OH is 2. The summed E-state index contributed by atoms with van der Waals surface area (Å²) in [5, 5.41) is 17.6. The van der Waals surface area contributed by atoms with Crippen LogP contribution in [-0.2, 0) is 6.54 Å². The van der Waals surface area contributed by atoms with Gasteiger partial charge in [-0.3, -0.25) is 9.78 Å². The molecule has 1 aromatic rings. The van der Waals surface area contributed by atoms with Crippen LogP contribution in [0.5, 0.6) is 0 Å². The predicted molar refractivity (Wildman–Crippen MR) is 49.0 cm³/mol. The molecule has 0 radical (unpaired) electrons. The monoisotopic (exact) mass is 200 g/mol. The number of H-pyrrole nitrogens is 1. The van der Waals surface area contributed by atoms with Gasteiger partial charge in [-0.25, -0.2) is 4.79 Å². The number of nitrogens with one attached hydrogen (secondary N) is 1. The van der Waals surface area contributed by atoms with Gasteiger partial charge in [0.2, 0.25) is 0 Å². The Hall–Kier alpha value is -1.40. The molecule has 1 atom stereocenters. The quantitative estimate of drug-likeness (QED) is 0.538. The Balaban J connectivity index is 2.68. The van der Waals surface area contributed by atoms with Crippen LogP contribution in [-0.4, -0.2) is 32.5 Å². The van der Waals surface area contributed by atoms with Crippen molar-refractivity contribution < 1.29 is 10.2 Å². The van der Waals surface area contributed by atoms with Crippen molar-refractivity contribution in [3.05, 3.63) is 33.1 Å². The zero-order valence-corrected chi connectivity index (χ0v) is 7.51. The summed E-state index contributed by atoms with van der Waals surface area (Å²) in [4.78, 5) is 23.9. The number of hydrogen-bond donors (Lipinski definition) is 3. The lowest BCUT2D eigenvalue weighted by Gasteiger charge is -2.07. The fourth-order valence-corrected chi connectivity index (χ4v) is 1.000. The summed E-state index contributed by atoms with van der Waals surface area (Å²) in [6.45, 7) is -0.0740. The fourth-order valence-electron chi connectivity index (χ4n) is 1.000. The maximum absolute atomic E-state index is 11.1. The third-order valence-corrected chi connectivity index (χ3v) is 1.81. The van der Waals surface area contributed by atoms with Gasteiger partial charge in [-0.1, -0.05) is 0 Å². The Morgan fingerprint density at radius 2 is 2.21 bits per heavy atom. The van der Waals surface area contributed by atoms with Gasteiger partial charge < -0.3 is 14.8 Å². The van der Waals surface area contributed by atoms with Gasteiger partial charge in [-0.2, -0.15) is 0 Å². The van der Waals surface area contributed by atoms with Crippen LogP contribution in [0.3, 0.4) is 0 Å². The lowest BCUT2D eigenvalue weighted by atomic mass is 10.3. The summed E-state index contributed by atoms with van der Waals surface area (Å²) in [6, 6.07) is 1.23. The van der Waals surface area contributed by atoms with Gasteiger partial charge in [0, 0.05) is 18.8 Å². The molecule has 0 saturated carbocycles. The molecule has 0 amide bonds. The van der Waals surface area contributed by atoms with Crippen LogP contribution < -0.4 is 11.2 Å². The summed E-state index contributed by atoms with van der Waals surface area (Å²) in [6.07, 6.45) is 0.780. The van der Waals surface area contributed by atoms with Gasteiger partial charge in [-0.15, -0.1) is 0 Å². The molecule has 1 aromatic heterocycles. The van der Waals surface area contributed by atoms with Gasteiger partial charge in [0.15, 0.2) is 0 Å². The minimum absolute atomic E-state index is 0.261. The van der Waals surface area contributed by atoms with Crippen molar-refractivity contribution >= 4 is 0 Å². The average Bonchev–Trinajstić information content (AvgIpc) is 2.16. The first-order valence-corrected chi connectivity index (χ1v) is 4.22. The van der Waals surface area contributed by atoms with Crippen LogP contribution in [0.2, 0.25) is 0 Å². The highest BCUT2D eigenvalue weighted by Gasteiger charge is 2.02. The van der Waals surface area contributed by atoms with Crippen LogP contribution in [0.15, 0.2) is 21.9 Å². The Kier molecular flexibility index (Phi) is 3.61. The molecule has 0 aliphatic heterocycles. The van der Waals surface area contributed by atoms with Crippen LogP contribution >= 0.6 is 0 Å². The molecule has 3 N–H and O–H groups in total. The van der Waals surface area contributed by atoms with E-state index in [1.165, 1.54) is 16.8 Å². The second-order valence-electron chi connectivity index (χ2n) is 2.93.